The van der Waals surface area contributed by atoms with Crippen LogP contribution in [0.2, 0.25) is 0 Å². The molecule has 2 N–H and O–H groups in total. The van der Waals surface area contributed by atoms with E-state index in [1.54, 1.807) is 20.3 Å². The van der Waals surface area contributed by atoms with Crippen LogP contribution in [0.3, 0.4) is 0 Å². The van der Waals surface area contributed by atoms with Crippen LogP contribution in [0.1, 0.15) is 41.6 Å². The SMILES string of the molecule is CCc1cc(C(=O)NC(C)c2ccc(OC)c(OC)c2)n[nH]1. The van der Waals surface area contributed by atoms with Crippen molar-refractivity contribution in [1.82, 2.24) is 15.5 Å². The van der Waals surface area contributed by atoms with Crippen LogP contribution in [0.15, 0.2) is 24.3 Å². The number of methoxy groups -OCH3 is 2. The van der Waals surface area contributed by atoms with Crippen molar-refractivity contribution in [3.05, 3.63) is 41.2 Å². The monoisotopic (exact) mass is 303 g/mol. The highest BCUT2D eigenvalue weighted by atomic mass is 16.5. The maximum absolute atomic E-state index is 12.2. The fraction of sp³-hybridized carbons (Fsp3) is 0.375. The summed E-state index contributed by atoms with van der Waals surface area (Å²) in [6, 6.07) is 7.16. The van der Waals surface area contributed by atoms with Gasteiger partial charge in [0, 0.05) is 5.69 Å². The Bertz CT molecular complexity index is 652. The van der Waals surface area contributed by atoms with Crippen LogP contribution < -0.4 is 14.8 Å². The fourth-order valence-electron chi connectivity index (χ4n) is 2.14. The van der Waals surface area contributed by atoms with Crippen LogP contribution in [0.4, 0.5) is 0 Å². The first kappa shape index (κ1) is 15.9. The minimum atomic E-state index is -0.210. The summed E-state index contributed by atoms with van der Waals surface area (Å²) in [5.41, 5.74) is 2.25. The largest absolute Gasteiger partial charge is 0.493 e. The number of rotatable bonds is 6. The van der Waals surface area contributed by atoms with Gasteiger partial charge in [0.25, 0.3) is 5.91 Å². The van der Waals surface area contributed by atoms with Crippen molar-refractivity contribution in [2.45, 2.75) is 26.3 Å². The third-order valence-electron chi connectivity index (χ3n) is 3.50. The van der Waals surface area contributed by atoms with E-state index >= 15 is 0 Å². The number of hydrogen-bond donors (Lipinski definition) is 2. The summed E-state index contributed by atoms with van der Waals surface area (Å²) in [4.78, 5) is 12.2. The Morgan fingerprint density at radius 3 is 2.59 bits per heavy atom. The minimum Gasteiger partial charge on any atom is -0.493 e. The molecule has 1 heterocycles. The van der Waals surface area contributed by atoms with Crippen molar-refractivity contribution in [3.63, 3.8) is 0 Å². The third-order valence-corrected chi connectivity index (χ3v) is 3.50. The lowest BCUT2D eigenvalue weighted by Crippen LogP contribution is -2.27. The second-order valence-corrected chi connectivity index (χ2v) is 4.94. The summed E-state index contributed by atoms with van der Waals surface area (Å²) in [6.45, 7) is 3.91. The zero-order valence-electron chi connectivity index (χ0n) is 13.3. The number of ether oxygens (including phenoxy) is 2. The van der Waals surface area contributed by atoms with Gasteiger partial charge >= 0.3 is 0 Å². The van der Waals surface area contributed by atoms with Crippen LogP contribution in [0.25, 0.3) is 0 Å². The predicted octanol–water partition coefficient (Wildman–Crippen LogP) is 2.48. The summed E-state index contributed by atoms with van der Waals surface area (Å²) >= 11 is 0. The van der Waals surface area contributed by atoms with Crippen molar-refractivity contribution in [2.24, 2.45) is 0 Å². The average Bonchev–Trinajstić information content (AvgIpc) is 3.03. The Kier molecular flexibility index (Phi) is 5.04. The number of amides is 1. The number of benzene rings is 1. The van der Waals surface area contributed by atoms with E-state index in [9.17, 15) is 4.79 Å². The molecule has 0 saturated heterocycles. The smallest absolute Gasteiger partial charge is 0.272 e. The number of aromatic nitrogens is 2. The Morgan fingerprint density at radius 1 is 1.27 bits per heavy atom. The molecule has 2 aromatic rings. The van der Waals surface area contributed by atoms with Gasteiger partial charge in [-0.25, -0.2) is 0 Å². The van der Waals surface area contributed by atoms with E-state index in [0.717, 1.165) is 17.7 Å². The van der Waals surface area contributed by atoms with E-state index in [-0.39, 0.29) is 11.9 Å². The summed E-state index contributed by atoms with van der Waals surface area (Å²) < 4.78 is 10.5. The van der Waals surface area contributed by atoms with Crippen molar-refractivity contribution >= 4 is 5.91 Å². The van der Waals surface area contributed by atoms with E-state index in [1.165, 1.54) is 0 Å². The molecule has 0 spiro atoms. The number of nitrogens with zero attached hydrogens (tertiary/aromatic N) is 1. The normalized spacial score (nSPS) is 11.8. The average molecular weight is 303 g/mol. The number of carbonyl (C=O) groups excluding carboxylic acids is 1. The van der Waals surface area contributed by atoms with E-state index in [0.29, 0.717) is 17.2 Å². The third kappa shape index (κ3) is 3.39. The molecule has 2 rings (SSSR count). The molecular weight excluding hydrogens is 282 g/mol. The second kappa shape index (κ2) is 6.98. The maximum Gasteiger partial charge on any atom is 0.272 e. The Hall–Kier alpha value is -2.50. The lowest BCUT2D eigenvalue weighted by atomic mass is 10.1. The molecule has 0 aliphatic carbocycles. The molecule has 1 aromatic carbocycles. The second-order valence-electron chi connectivity index (χ2n) is 4.94. The Labute approximate surface area is 129 Å². The first-order valence-electron chi connectivity index (χ1n) is 7.16. The molecule has 118 valence electrons. The number of nitrogens with one attached hydrogen (secondary N) is 2. The molecule has 0 saturated carbocycles. The highest BCUT2D eigenvalue weighted by Gasteiger charge is 2.15. The van der Waals surface area contributed by atoms with Crippen LogP contribution in [-0.2, 0) is 6.42 Å². The first-order valence-corrected chi connectivity index (χ1v) is 7.16. The molecule has 0 aliphatic rings. The molecule has 1 atom stereocenters. The molecule has 0 fully saturated rings. The lowest BCUT2D eigenvalue weighted by Gasteiger charge is -2.16. The number of hydrogen-bond acceptors (Lipinski definition) is 4. The molecule has 1 aromatic heterocycles. The van der Waals surface area contributed by atoms with E-state index in [1.807, 2.05) is 32.0 Å². The molecule has 0 aliphatic heterocycles. The molecule has 22 heavy (non-hydrogen) atoms. The summed E-state index contributed by atoms with van der Waals surface area (Å²) in [6.07, 6.45) is 0.811. The Balaban J connectivity index is 2.11. The molecule has 0 radical (unpaired) electrons. The van der Waals surface area contributed by atoms with Gasteiger partial charge in [-0.3, -0.25) is 9.89 Å². The van der Waals surface area contributed by atoms with Crippen LogP contribution in [-0.4, -0.2) is 30.3 Å². The van der Waals surface area contributed by atoms with E-state index in [2.05, 4.69) is 15.5 Å². The number of aryl methyl sites for hydroxylation is 1. The van der Waals surface area contributed by atoms with Crippen LogP contribution in [0, 0.1) is 0 Å². The summed E-state index contributed by atoms with van der Waals surface area (Å²) in [7, 11) is 3.17. The van der Waals surface area contributed by atoms with Crippen molar-refractivity contribution in [3.8, 4) is 11.5 Å². The quantitative estimate of drug-likeness (QED) is 0.859. The van der Waals surface area contributed by atoms with Gasteiger partial charge in [-0.15, -0.1) is 0 Å². The molecule has 0 bridgehead atoms. The van der Waals surface area contributed by atoms with Gasteiger partial charge in [0.2, 0.25) is 0 Å². The topological polar surface area (TPSA) is 76.2 Å². The lowest BCUT2D eigenvalue weighted by molar-refractivity contribution is 0.0934. The van der Waals surface area contributed by atoms with Crippen LogP contribution >= 0.6 is 0 Å². The highest BCUT2D eigenvalue weighted by Crippen LogP contribution is 2.29. The number of H-pyrrole nitrogens is 1. The van der Waals surface area contributed by atoms with Gasteiger partial charge in [0.1, 0.15) is 5.69 Å². The van der Waals surface area contributed by atoms with Crippen molar-refractivity contribution in [1.29, 1.82) is 0 Å². The molecule has 6 nitrogen and oxygen atoms in total. The summed E-state index contributed by atoms with van der Waals surface area (Å²) in [5, 5.41) is 9.77. The zero-order chi connectivity index (χ0) is 16.1. The van der Waals surface area contributed by atoms with Gasteiger partial charge < -0.3 is 14.8 Å². The van der Waals surface area contributed by atoms with Gasteiger partial charge in [-0.2, -0.15) is 5.10 Å². The standard InChI is InChI=1S/C16H21N3O3/c1-5-12-9-13(19-18-12)16(20)17-10(2)11-6-7-14(21-3)15(8-11)22-4/h6-10H,5H2,1-4H3,(H,17,20)(H,18,19). The van der Waals surface area contributed by atoms with Crippen molar-refractivity contribution < 1.29 is 14.3 Å². The van der Waals surface area contributed by atoms with Gasteiger partial charge in [-0.1, -0.05) is 13.0 Å². The Morgan fingerprint density at radius 2 is 2.00 bits per heavy atom. The first-order chi connectivity index (χ1) is 10.6. The van der Waals surface area contributed by atoms with Gasteiger partial charge in [0.05, 0.1) is 20.3 Å². The van der Waals surface area contributed by atoms with Crippen molar-refractivity contribution in [2.75, 3.05) is 14.2 Å². The number of aromatic amines is 1. The predicted molar refractivity (Wildman–Crippen MR) is 83.4 cm³/mol. The highest BCUT2D eigenvalue weighted by molar-refractivity contribution is 5.92. The number of carbonyl (C=O) groups is 1. The fourth-order valence-corrected chi connectivity index (χ4v) is 2.14. The minimum absolute atomic E-state index is 0.172. The molecule has 6 heteroatoms. The molecule has 1 unspecified atom stereocenters. The molecular formula is C16H21N3O3. The zero-order valence-corrected chi connectivity index (χ0v) is 13.3. The van der Waals surface area contributed by atoms with Crippen LogP contribution in [0.5, 0.6) is 11.5 Å². The molecule has 1 amide bonds. The maximum atomic E-state index is 12.2. The van der Waals surface area contributed by atoms with Gasteiger partial charge in [0.15, 0.2) is 11.5 Å². The van der Waals surface area contributed by atoms with Gasteiger partial charge in [-0.05, 0) is 37.1 Å². The van der Waals surface area contributed by atoms with E-state index < -0.39 is 0 Å². The summed E-state index contributed by atoms with van der Waals surface area (Å²) in [5.74, 6) is 1.08. The van der Waals surface area contributed by atoms with E-state index in [4.69, 9.17) is 9.47 Å².